The van der Waals surface area contributed by atoms with Crippen LogP contribution in [0.4, 0.5) is 5.69 Å². The summed E-state index contributed by atoms with van der Waals surface area (Å²) in [6.45, 7) is 6.50. The van der Waals surface area contributed by atoms with Crippen molar-refractivity contribution in [2.75, 3.05) is 11.3 Å². The van der Waals surface area contributed by atoms with Gasteiger partial charge in [-0.3, -0.25) is 4.79 Å². The Bertz CT molecular complexity index is 983. The fraction of sp³-hybridized carbons (Fsp3) is 0.333. The minimum Gasteiger partial charge on any atom is -0.273 e. The Kier molecular flexibility index (Phi) is 4.95. The third-order valence-electron chi connectivity index (χ3n) is 4.63. The lowest BCUT2D eigenvalue weighted by atomic mass is 9.86. The molecular formula is C21H24N2O3S. The number of rotatable bonds is 3. The van der Waals surface area contributed by atoms with Crippen LogP contribution < -0.4 is 5.01 Å². The summed E-state index contributed by atoms with van der Waals surface area (Å²) in [4.78, 5) is 12.6. The molecular weight excluding hydrogens is 360 g/mol. The van der Waals surface area contributed by atoms with Gasteiger partial charge in [-0.2, -0.15) is 5.10 Å². The number of hydrogen-bond acceptors (Lipinski definition) is 4. The summed E-state index contributed by atoms with van der Waals surface area (Å²) < 4.78 is 23.2. The minimum atomic E-state index is -3.27. The largest absolute Gasteiger partial charge is 0.273 e. The summed E-state index contributed by atoms with van der Waals surface area (Å²) in [5.41, 5.74) is 3.73. The van der Waals surface area contributed by atoms with Crippen molar-refractivity contribution in [2.45, 2.75) is 43.9 Å². The summed E-state index contributed by atoms with van der Waals surface area (Å²) in [7, 11) is -3.27. The van der Waals surface area contributed by atoms with E-state index < -0.39 is 9.84 Å². The summed E-state index contributed by atoms with van der Waals surface area (Å²) in [6, 6.07) is 14.5. The first kappa shape index (κ1) is 19.3. The molecule has 142 valence electrons. The van der Waals surface area contributed by atoms with E-state index in [2.05, 4.69) is 38.0 Å². The molecule has 0 spiro atoms. The Hall–Kier alpha value is -2.47. The van der Waals surface area contributed by atoms with Crippen LogP contribution in [0.15, 0.2) is 58.5 Å². The van der Waals surface area contributed by atoms with E-state index in [-0.39, 0.29) is 16.2 Å². The number of hydrogen-bond donors (Lipinski definition) is 0. The lowest BCUT2D eigenvalue weighted by molar-refractivity contribution is -0.118. The Morgan fingerprint density at radius 2 is 1.52 bits per heavy atom. The molecule has 0 saturated carbocycles. The van der Waals surface area contributed by atoms with Crippen LogP contribution >= 0.6 is 0 Å². The Balaban J connectivity index is 1.91. The highest BCUT2D eigenvalue weighted by molar-refractivity contribution is 7.90. The van der Waals surface area contributed by atoms with Crippen molar-refractivity contribution >= 4 is 27.1 Å². The predicted octanol–water partition coefficient (Wildman–Crippen LogP) is 3.92. The fourth-order valence-corrected chi connectivity index (χ4v) is 3.59. The number of hydrazone groups is 1. The molecule has 0 atom stereocenters. The Labute approximate surface area is 160 Å². The monoisotopic (exact) mass is 384 g/mol. The van der Waals surface area contributed by atoms with Crippen LogP contribution in [0.2, 0.25) is 0 Å². The predicted molar refractivity (Wildman–Crippen MR) is 108 cm³/mol. The van der Waals surface area contributed by atoms with Crippen LogP contribution in [-0.4, -0.2) is 26.3 Å². The van der Waals surface area contributed by atoms with Gasteiger partial charge in [-0.1, -0.05) is 45.0 Å². The van der Waals surface area contributed by atoms with Crippen molar-refractivity contribution in [1.82, 2.24) is 0 Å². The summed E-state index contributed by atoms with van der Waals surface area (Å²) >= 11 is 0. The third-order valence-corrected chi connectivity index (χ3v) is 5.75. The van der Waals surface area contributed by atoms with E-state index in [1.165, 1.54) is 22.7 Å². The van der Waals surface area contributed by atoms with E-state index in [0.717, 1.165) is 17.5 Å². The highest BCUT2D eigenvalue weighted by atomic mass is 32.2. The summed E-state index contributed by atoms with van der Waals surface area (Å²) in [5.74, 6) is -0.0998. The normalized spacial score (nSPS) is 15.6. The minimum absolute atomic E-state index is 0.0796. The Morgan fingerprint density at radius 1 is 0.926 bits per heavy atom. The van der Waals surface area contributed by atoms with Crippen LogP contribution in [0, 0.1) is 0 Å². The molecule has 1 amide bonds. The molecule has 27 heavy (non-hydrogen) atoms. The number of carbonyl (C=O) groups is 1. The molecule has 0 saturated heterocycles. The molecule has 0 radical (unpaired) electrons. The van der Waals surface area contributed by atoms with E-state index in [4.69, 9.17) is 0 Å². The van der Waals surface area contributed by atoms with Gasteiger partial charge in [0, 0.05) is 19.1 Å². The van der Waals surface area contributed by atoms with Crippen LogP contribution in [0.25, 0.3) is 0 Å². The molecule has 6 heteroatoms. The van der Waals surface area contributed by atoms with E-state index in [9.17, 15) is 13.2 Å². The summed E-state index contributed by atoms with van der Waals surface area (Å²) in [5, 5.41) is 5.90. The van der Waals surface area contributed by atoms with E-state index in [1.807, 2.05) is 12.1 Å². The van der Waals surface area contributed by atoms with Crippen molar-refractivity contribution in [3.05, 3.63) is 59.7 Å². The number of carbonyl (C=O) groups excluding carboxylic acids is 1. The maximum Gasteiger partial charge on any atom is 0.247 e. The zero-order valence-electron chi connectivity index (χ0n) is 16.1. The first-order chi connectivity index (χ1) is 12.6. The quantitative estimate of drug-likeness (QED) is 0.805. The van der Waals surface area contributed by atoms with Crippen LogP contribution in [-0.2, 0) is 20.0 Å². The zero-order valence-corrected chi connectivity index (χ0v) is 16.9. The molecule has 3 rings (SSSR count). The van der Waals surface area contributed by atoms with Crippen molar-refractivity contribution in [1.29, 1.82) is 0 Å². The standard InChI is InChI=1S/C21H24N2O3S/c1-21(2,3)16-7-5-15(6-8-16)19-13-14-20(24)23(22-19)17-9-11-18(12-10-17)27(4,25)26/h5-12H,13-14H2,1-4H3. The molecule has 1 aliphatic heterocycles. The van der Waals surface area contributed by atoms with Gasteiger partial charge >= 0.3 is 0 Å². The molecule has 0 N–H and O–H groups in total. The second kappa shape index (κ2) is 6.93. The van der Waals surface area contributed by atoms with Crippen LogP contribution in [0.5, 0.6) is 0 Å². The molecule has 0 aliphatic carbocycles. The Morgan fingerprint density at radius 3 is 2.04 bits per heavy atom. The number of nitrogens with zero attached hydrogens (tertiary/aromatic N) is 2. The maximum absolute atomic E-state index is 12.3. The molecule has 0 bridgehead atoms. The molecule has 2 aromatic rings. The first-order valence-corrected chi connectivity index (χ1v) is 10.8. The number of benzene rings is 2. The van der Waals surface area contributed by atoms with Crippen LogP contribution in [0.3, 0.4) is 0 Å². The molecule has 2 aromatic carbocycles. The maximum atomic E-state index is 12.3. The van der Waals surface area contributed by atoms with Crippen molar-refractivity contribution < 1.29 is 13.2 Å². The highest BCUT2D eigenvalue weighted by Crippen LogP contribution is 2.26. The van der Waals surface area contributed by atoms with Gasteiger partial charge in [0.25, 0.3) is 0 Å². The average molecular weight is 385 g/mol. The lowest BCUT2D eigenvalue weighted by Gasteiger charge is -2.24. The number of amides is 1. The van der Waals surface area contributed by atoms with Gasteiger partial charge in [0.2, 0.25) is 5.91 Å². The molecule has 5 nitrogen and oxygen atoms in total. The molecule has 0 fully saturated rings. The number of anilines is 1. The second-order valence-electron chi connectivity index (χ2n) is 7.85. The highest BCUT2D eigenvalue weighted by Gasteiger charge is 2.23. The second-order valence-corrected chi connectivity index (χ2v) is 9.86. The third kappa shape index (κ3) is 4.27. The van der Waals surface area contributed by atoms with Crippen molar-refractivity contribution in [3.63, 3.8) is 0 Å². The molecule has 0 aromatic heterocycles. The molecule has 1 aliphatic rings. The lowest BCUT2D eigenvalue weighted by Crippen LogP contribution is -2.31. The van der Waals surface area contributed by atoms with Crippen molar-refractivity contribution in [3.8, 4) is 0 Å². The van der Waals surface area contributed by atoms with E-state index in [0.29, 0.717) is 18.5 Å². The SMILES string of the molecule is CC(C)(C)c1ccc(C2=NN(c3ccc(S(C)(=O)=O)cc3)C(=O)CC2)cc1. The van der Waals surface area contributed by atoms with Crippen LogP contribution in [0.1, 0.15) is 44.7 Å². The number of sulfone groups is 1. The van der Waals surface area contributed by atoms with Gasteiger partial charge < -0.3 is 0 Å². The summed E-state index contributed by atoms with van der Waals surface area (Å²) in [6.07, 6.45) is 2.12. The van der Waals surface area contributed by atoms with Gasteiger partial charge in [0.1, 0.15) is 0 Å². The molecule has 1 heterocycles. The van der Waals surface area contributed by atoms with Gasteiger partial charge in [-0.05, 0) is 40.8 Å². The van der Waals surface area contributed by atoms with Gasteiger partial charge in [-0.25, -0.2) is 13.4 Å². The van der Waals surface area contributed by atoms with Crippen molar-refractivity contribution in [2.24, 2.45) is 5.10 Å². The fourth-order valence-electron chi connectivity index (χ4n) is 2.96. The van der Waals surface area contributed by atoms with Gasteiger partial charge in [-0.15, -0.1) is 0 Å². The van der Waals surface area contributed by atoms with E-state index in [1.54, 1.807) is 12.1 Å². The first-order valence-electron chi connectivity index (χ1n) is 8.87. The zero-order chi connectivity index (χ0) is 19.8. The smallest absolute Gasteiger partial charge is 0.247 e. The van der Waals surface area contributed by atoms with Gasteiger partial charge in [0.15, 0.2) is 9.84 Å². The topological polar surface area (TPSA) is 66.8 Å². The van der Waals surface area contributed by atoms with E-state index >= 15 is 0 Å². The molecule has 0 unspecified atom stereocenters. The van der Waals surface area contributed by atoms with Gasteiger partial charge in [0.05, 0.1) is 16.3 Å². The average Bonchev–Trinajstić information content (AvgIpc) is 2.61.